The molecule has 9 heteroatoms. The van der Waals surface area contributed by atoms with Crippen LogP contribution in [0.4, 0.5) is 0 Å². The molecule has 0 aliphatic heterocycles. The topological polar surface area (TPSA) is 131 Å². The highest BCUT2D eigenvalue weighted by Gasteiger charge is 2.26. The molecule has 0 fully saturated rings. The van der Waals surface area contributed by atoms with Crippen LogP contribution >= 0.6 is 7.82 Å². The van der Waals surface area contributed by atoms with Gasteiger partial charge >= 0.3 is 7.82 Å². The third kappa shape index (κ3) is 43.3. The molecule has 8 nitrogen and oxygen atoms in total. The first-order valence-corrected chi connectivity index (χ1v) is 26.8. The lowest BCUT2D eigenvalue weighted by molar-refractivity contribution is -0.123. The Morgan fingerprint density at radius 3 is 1.22 bits per heavy atom. The van der Waals surface area contributed by atoms with Crippen LogP contribution in [0.2, 0.25) is 0 Å². The minimum atomic E-state index is -4.33. The number of hydrogen-bond acceptors (Lipinski definition) is 6. The number of rotatable bonds is 48. The first-order chi connectivity index (χ1) is 28.4. The van der Waals surface area contributed by atoms with E-state index in [0.717, 1.165) is 38.5 Å². The Hall–Kier alpha value is -0.760. The summed E-state index contributed by atoms with van der Waals surface area (Å²) in [5.74, 6) is -0.189. The van der Waals surface area contributed by atoms with E-state index in [4.69, 9.17) is 14.8 Å². The largest absolute Gasteiger partial charge is 0.472 e. The van der Waals surface area contributed by atoms with Crippen molar-refractivity contribution < 1.29 is 28.4 Å². The molecular formula is C49H99N2O6P. The van der Waals surface area contributed by atoms with Gasteiger partial charge in [0, 0.05) is 13.0 Å². The van der Waals surface area contributed by atoms with Crippen molar-refractivity contribution >= 4 is 13.7 Å². The smallest absolute Gasteiger partial charge is 0.387 e. The van der Waals surface area contributed by atoms with Gasteiger partial charge in [0.1, 0.15) is 0 Å². The molecule has 1 unspecified atom stereocenters. The summed E-state index contributed by atoms with van der Waals surface area (Å²) in [5, 5.41) is 13.7. The Bertz CT molecular complexity index is 922. The highest BCUT2D eigenvalue weighted by molar-refractivity contribution is 7.47. The zero-order valence-electron chi connectivity index (χ0n) is 38.6. The van der Waals surface area contributed by atoms with Crippen LogP contribution in [0.15, 0.2) is 12.2 Å². The second-order valence-corrected chi connectivity index (χ2v) is 18.8. The number of unbranched alkanes of at least 4 members (excludes halogenated alkanes) is 36. The van der Waals surface area contributed by atoms with Crippen molar-refractivity contribution in [2.75, 3.05) is 19.8 Å². The molecule has 0 saturated heterocycles. The summed E-state index contributed by atoms with van der Waals surface area (Å²) in [4.78, 5) is 22.7. The minimum Gasteiger partial charge on any atom is -0.387 e. The molecule has 58 heavy (non-hydrogen) atoms. The van der Waals surface area contributed by atoms with Crippen LogP contribution in [0.5, 0.6) is 0 Å². The predicted octanol–water partition coefficient (Wildman–Crippen LogP) is 14.7. The Kier molecular flexibility index (Phi) is 45.2. The van der Waals surface area contributed by atoms with E-state index in [1.165, 1.54) is 205 Å². The Labute approximate surface area is 360 Å². The van der Waals surface area contributed by atoms with Crippen LogP contribution < -0.4 is 11.1 Å². The Morgan fingerprint density at radius 1 is 0.552 bits per heavy atom. The lowest BCUT2D eigenvalue weighted by Gasteiger charge is -2.23. The Balaban J connectivity index is 3.88. The van der Waals surface area contributed by atoms with Crippen LogP contribution in [-0.4, -0.2) is 47.8 Å². The number of amides is 1. The van der Waals surface area contributed by atoms with Gasteiger partial charge < -0.3 is 21.1 Å². The van der Waals surface area contributed by atoms with Gasteiger partial charge in [0.2, 0.25) is 5.91 Å². The molecule has 0 saturated carbocycles. The van der Waals surface area contributed by atoms with E-state index in [1.54, 1.807) is 6.08 Å². The third-order valence-corrected chi connectivity index (χ3v) is 12.6. The van der Waals surface area contributed by atoms with Crippen molar-refractivity contribution in [3.05, 3.63) is 12.2 Å². The summed E-state index contributed by atoms with van der Waals surface area (Å²) in [5.41, 5.74) is 5.38. The number of aliphatic hydroxyl groups excluding tert-OH is 1. The van der Waals surface area contributed by atoms with E-state index >= 15 is 0 Å². The van der Waals surface area contributed by atoms with Crippen molar-refractivity contribution in [3.8, 4) is 0 Å². The highest BCUT2D eigenvalue weighted by Crippen LogP contribution is 2.43. The zero-order chi connectivity index (χ0) is 42.5. The fraction of sp³-hybridized carbons (Fsp3) is 0.939. The molecule has 0 spiro atoms. The second kappa shape index (κ2) is 45.8. The lowest BCUT2D eigenvalue weighted by Crippen LogP contribution is -2.45. The maximum absolute atomic E-state index is 12.8. The van der Waals surface area contributed by atoms with Crippen molar-refractivity contribution in [1.82, 2.24) is 5.32 Å². The summed E-state index contributed by atoms with van der Waals surface area (Å²) in [6.45, 7) is 4.15. The van der Waals surface area contributed by atoms with E-state index in [1.807, 2.05) is 6.08 Å². The summed E-state index contributed by atoms with van der Waals surface area (Å²) in [7, 11) is -4.33. The van der Waals surface area contributed by atoms with Gasteiger partial charge in [-0.2, -0.15) is 0 Å². The summed E-state index contributed by atoms with van der Waals surface area (Å²) < 4.78 is 22.1. The van der Waals surface area contributed by atoms with E-state index in [-0.39, 0.29) is 25.7 Å². The molecule has 5 N–H and O–H groups in total. The molecule has 0 heterocycles. The van der Waals surface area contributed by atoms with Gasteiger partial charge in [-0.1, -0.05) is 251 Å². The average Bonchev–Trinajstić information content (AvgIpc) is 3.21. The summed E-state index contributed by atoms with van der Waals surface area (Å²) >= 11 is 0. The van der Waals surface area contributed by atoms with Crippen LogP contribution in [0.1, 0.15) is 264 Å². The maximum Gasteiger partial charge on any atom is 0.472 e. The fourth-order valence-electron chi connectivity index (χ4n) is 7.78. The molecule has 346 valence electrons. The molecule has 0 aliphatic carbocycles. The van der Waals surface area contributed by atoms with Gasteiger partial charge in [0.15, 0.2) is 0 Å². The number of nitrogens with two attached hydrogens (primary N) is 1. The van der Waals surface area contributed by atoms with Crippen LogP contribution in [0.3, 0.4) is 0 Å². The third-order valence-electron chi connectivity index (χ3n) is 11.6. The average molecular weight is 843 g/mol. The van der Waals surface area contributed by atoms with E-state index < -0.39 is 20.0 Å². The SMILES string of the molecule is CCCCCCCCCCC/C=C/[C@@H](O)[C@H](COP(=O)(O)OCCN)NC(=O)CCCCCCCCCCCCCCCCCCCCCCCCCCCCCC. The summed E-state index contributed by atoms with van der Waals surface area (Å²) in [6.07, 6.45) is 53.0. The molecule has 0 aliphatic rings. The van der Waals surface area contributed by atoms with Crippen molar-refractivity contribution in [2.45, 2.75) is 276 Å². The number of carbonyl (C=O) groups is 1. The first kappa shape index (κ1) is 57.2. The number of phosphoric acid groups is 1. The Morgan fingerprint density at radius 2 is 0.879 bits per heavy atom. The molecular weight excluding hydrogens is 744 g/mol. The number of phosphoric ester groups is 1. The number of hydrogen-bond donors (Lipinski definition) is 4. The molecule has 0 rings (SSSR count). The van der Waals surface area contributed by atoms with Crippen molar-refractivity contribution in [1.29, 1.82) is 0 Å². The van der Waals surface area contributed by atoms with Gasteiger partial charge in [-0.15, -0.1) is 0 Å². The monoisotopic (exact) mass is 843 g/mol. The number of aliphatic hydroxyl groups is 1. The minimum absolute atomic E-state index is 0.0813. The molecule has 0 radical (unpaired) electrons. The first-order valence-electron chi connectivity index (χ1n) is 25.3. The van der Waals surface area contributed by atoms with Gasteiger partial charge in [-0.3, -0.25) is 13.8 Å². The van der Waals surface area contributed by atoms with E-state index in [2.05, 4.69) is 19.2 Å². The molecule has 1 amide bonds. The summed E-state index contributed by atoms with van der Waals surface area (Å²) in [6, 6.07) is -0.854. The molecule has 0 aromatic heterocycles. The van der Waals surface area contributed by atoms with Gasteiger partial charge in [-0.05, 0) is 19.3 Å². The van der Waals surface area contributed by atoms with Crippen LogP contribution in [0.25, 0.3) is 0 Å². The fourth-order valence-corrected chi connectivity index (χ4v) is 8.54. The van der Waals surface area contributed by atoms with Gasteiger partial charge in [0.25, 0.3) is 0 Å². The van der Waals surface area contributed by atoms with Gasteiger partial charge in [-0.25, -0.2) is 4.57 Å². The predicted molar refractivity (Wildman–Crippen MR) is 249 cm³/mol. The number of nitrogens with one attached hydrogen (secondary N) is 1. The van der Waals surface area contributed by atoms with Crippen molar-refractivity contribution in [3.63, 3.8) is 0 Å². The normalized spacial score (nSPS) is 13.9. The van der Waals surface area contributed by atoms with Crippen LogP contribution in [-0.2, 0) is 18.4 Å². The quantitative estimate of drug-likeness (QED) is 0.0272. The molecule has 0 bridgehead atoms. The lowest BCUT2D eigenvalue weighted by atomic mass is 10.0. The van der Waals surface area contributed by atoms with E-state index in [0.29, 0.717) is 6.42 Å². The standard InChI is InChI=1S/C49H99N2O6P/c1-3-5-7-9-11-13-15-16-17-18-19-20-21-22-23-24-25-26-27-28-29-30-31-33-35-37-39-41-43-49(53)51-47(46-57-58(54,55)56-45-44-50)48(52)42-40-38-36-34-32-14-12-10-8-6-4-2/h40,42,47-48,52H,3-39,41,43-46,50H2,1-2H3,(H,51,53)(H,54,55)/b42-40+/t47-,48+/m0/s1. The van der Waals surface area contributed by atoms with Gasteiger partial charge in [0.05, 0.1) is 25.4 Å². The van der Waals surface area contributed by atoms with E-state index in [9.17, 15) is 19.4 Å². The molecule has 0 aromatic carbocycles. The highest BCUT2D eigenvalue weighted by atomic mass is 31.2. The second-order valence-electron chi connectivity index (χ2n) is 17.4. The number of carbonyl (C=O) groups excluding carboxylic acids is 1. The zero-order valence-corrected chi connectivity index (χ0v) is 39.5. The van der Waals surface area contributed by atoms with Crippen molar-refractivity contribution in [2.24, 2.45) is 5.73 Å². The molecule has 3 atom stereocenters. The maximum atomic E-state index is 12.8. The number of allylic oxidation sites excluding steroid dienone is 1. The van der Waals surface area contributed by atoms with Crippen LogP contribution in [0, 0.1) is 0 Å². The molecule has 0 aromatic rings.